The normalized spacial score (nSPS) is 17.2. The fraction of sp³-hybridized carbons (Fsp3) is 0.625. The van der Waals surface area contributed by atoms with E-state index in [0.29, 0.717) is 19.5 Å². The highest BCUT2D eigenvalue weighted by Crippen LogP contribution is 2.25. The zero-order valence-electron chi connectivity index (χ0n) is 12.6. The Balaban J connectivity index is 2.02. The molecule has 4 nitrogen and oxygen atoms in total. The van der Waals surface area contributed by atoms with Gasteiger partial charge < -0.3 is 5.73 Å². The monoisotopic (exact) mass is 310 g/mol. The molecule has 0 saturated heterocycles. The summed E-state index contributed by atoms with van der Waals surface area (Å²) in [4.78, 5) is 0. The number of benzene rings is 1. The molecule has 0 heterocycles. The van der Waals surface area contributed by atoms with E-state index in [2.05, 4.69) is 0 Å². The van der Waals surface area contributed by atoms with Crippen molar-refractivity contribution in [1.82, 2.24) is 4.31 Å². The van der Waals surface area contributed by atoms with Crippen LogP contribution in [-0.2, 0) is 16.4 Å². The number of hydrogen-bond donors (Lipinski definition) is 1. The molecule has 0 spiro atoms. The van der Waals surface area contributed by atoms with Gasteiger partial charge in [-0.15, -0.1) is 0 Å². The maximum atomic E-state index is 12.7. The van der Waals surface area contributed by atoms with Crippen molar-refractivity contribution in [3.63, 3.8) is 0 Å². The van der Waals surface area contributed by atoms with Crippen LogP contribution in [0.4, 0.5) is 0 Å². The van der Waals surface area contributed by atoms with Crippen LogP contribution < -0.4 is 5.73 Å². The molecule has 0 bridgehead atoms. The minimum atomic E-state index is -3.23. The molecule has 5 heteroatoms. The number of rotatable bonds is 7. The Bertz CT molecular complexity index is 510. The fourth-order valence-corrected chi connectivity index (χ4v) is 4.83. The summed E-state index contributed by atoms with van der Waals surface area (Å²) in [5.74, 6) is 0.174. The SMILES string of the molecule is NCCN(C1CCCCC1)S(=O)(=O)CCc1ccccc1. The van der Waals surface area contributed by atoms with Crippen LogP contribution in [0.2, 0.25) is 0 Å². The van der Waals surface area contributed by atoms with Crippen molar-refractivity contribution >= 4 is 10.0 Å². The van der Waals surface area contributed by atoms with Gasteiger partial charge >= 0.3 is 0 Å². The minimum Gasteiger partial charge on any atom is -0.329 e. The molecule has 1 aromatic rings. The summed E-state index contributed by atoms with van der Waals surface area (Å²) in [6.45, 7) is 0.836. The van der Waals surface area contributed by atoms with Crippen LogP contribution in [-0.4, -0.2) is 37.6 Å². The molecule has 0 aliphatic heterocycles. The molecule has 1 fully saturated rings. The van der Waals surface area contributed by atoms with Crippen molar-refractivity contribution in [3.8, 4) is 0 Å². The number of sulfonamides is 1. The highest BCUT2D eigenvalue weighted by molar-refractivity contribution is 7.89. The molecule has 0 aromatic heterocycles. The Labute approximate surface area is 128 Å². The van der Waals surface area contributed by atoms with Crippen LogP contribution in [0.25, 0.3) is 0 Å². The molecular weight excluding hydrogens is 284 g/mol. The van der Waals surface area contributed by atoms with E-state index in [0.717, 1.165) is 31.2 Å². The lowest BCUT2D eigenvalue weighted by Crippen LogP contribution is -2.45. The molecule has 118 valence electrons. The van der Waals surface area contributed by atoms with Crippen molar-refractivity contribution in [1.29, 1.82) is 0 Å². The first-order valence-corrected chi connectivity index (χ1v) is 9.48. The predicted octanol–water partition coefficient (Wildman–Crippen LogP) is 2.15. The molecule has 0 unspecified atom stereocenters. The molecule has 1 aromatic carbocycles. The molecule has 0 radical (unpaired) electrons. The Hall–Kier alpha value is -0.910. The number of nitrogens with zero attached hydrogens (tertiary/aromatic N) is 1. The lowest BCUT2D eigenvalue weighted by atomic mass is 9.95. The number of nitrogens with two attached hydrogens (primary N) is 1. The Morgan fingerprint density at radius 3 is 2.38 bits per heavy atom. The summed E-state index contributed by atoms with van der Waals surface area (Å²) in [5.41, 5.74) is 6.70. The molecule has 21 heavy (non-hydrogen) atoms. The lowest BCUT2D eigenvalue weighted by Gasteiger charge is -2.33. The van der Waals surface area contributed by atoms with E-state index in [1.807, 2.05) is 30.3 Å². The molecular formula is C16H26N2O2S. The first kappa shape index (κ1) is 16.5. The fourth-order valence-electron chi connectivity index (χ4n) is 3.05. The third-order valence-electron chi connectivity index (χ3n) is 4.18. The summed E-state index contributed by atoms with van der Waals surface area (Å²) in [5, 5.41) is 0. The van der Waals surface area contributed by atoms with Gasteiger partial charge in [-0.2, -0.15) is 4.31 Å². The predicted molar refractivity (Wildman–Crippen MR) is 86.6 cm³/mol. The zero-order chi connectivity index (χ0) is 15.1. The van der Waals surface area contributed by atoms with Crippen molar-refractivity contribution in [2.45, 2.75) is 44.6 Å². The second kappa shape index (κ2) is 7.92. The maximum absolute atomic E-state index is 12.7. The van der Waals surface area contributed by atoms with E-state index in [1.54, 1.807) is 4.31 Å². The van der Waals surface area contributed by atoms with E-state index < -0.39 is 10.0 Å². The molecule has 0 amide bonds. The van der Waals surface area contributed by atoms with Gasteiger partial charge in [0.1, 0.15) is 0 Å². The summed E-state index contributed by atoms with van der Waals surface area (Å²) < 4.78 is 27.0. The van der Waals surface area contributed by atoms with E-state index in [4.69, 9.17) is 5.73 Å². The van der Waals surface area contributed by atoms with Gasteiger partial charge in [0.15, 0.2) is 0 Å². The first-order chi connectivity index (χ1) is 10.1. The second-order valence-electron chi connectivity index (χ2n) is 5.74. The van der Waals surface area contributed by atoms with E-state index >= 15 is 0 Å². The Kier molecular flexibility index (Phi) is 6.21. The molecule has 2 N–H and O–H groups in total. The molecule has 2 rings (SSSR count). The largest absolute Gasteiger partial charge is 0.329 e. The smallest absolute Gasteiger partial charge is 0.214 e. The van der Waals surface area contributed by atoms with Crippen LogP contribution in [0.15, 0.2) is 30.3 Å². The van der Waals surface area contributed by atoms with Gasteiger partial charge in [-0.05, 0) is 24.8 Å². The summed E-state index contributed by atoms with van der Waals surface area (Å²) in [6.07, 6.45) is 5.99. The van der Waals surface area contributed by atoms with Gasteiger partial charge in [0.05, 0.1) is 5.75 Å². The molecule has 1 aliphatic rings. The average Bonchev–Trinajstić information content (AvgIpc) is 2.52. The Morgan fingerprint density at radius 1 is 1.10 bits per heavy atom. The van der Waals surface area contributed by atoms with Crippen molar-refractivity contribution in [3.05, 3.63) is 35.9 Å². The summed E-state index contributed by atoms with van der Waals surface area (Å²) in [6, 6.07) is 9.94. The van der Waals surface area contributed by atoms with Crippen molar-refractivity contribution in [2.24, 2.45) is 5.73 Å². The Morgan fingerprint density at radius 2 is 1.76 bits per heavy atom. The van der Waals surface area contributed by atoms with Crippen LogP contribution in [0, 0.1) is 0 Å². The van der Waals surface area contributed by atoms with E-state index in [9.17, 15) is 8.42 Å². The first-order valence-electron chi connectivity index (χ1n) is 7.87. The quantitative estimate of drug-likeness (QED) is 0.839. The number of hydrogen-bond acceptors (Lipinski definition) is 3. The standard InChI is InChI=1S/C16H26N2O2S/c17-12-13-18(16-9-5-2-6-10-16)21(19,20)14-11-15-7-3-1-4-8-15/h1,3-4,7-8,16H,2,5-6,9-14,17H2. The maximum Gasteiger partial charge on any atom is 0.214 e. The summed E-state index contributed by atoms with van der Waals surface area (Å²) >= 11 is 0. The van der Waals surface area contributed by atoms with E-state index in [-0.39, 0.29) is 11.8 Å². The van der Waals surface area contributed by atoms with Gasteiger partial charge in [0.25, 0.3) is 0 Å². The van der Waals surface area contributed by atoms with Gasteiger partial charge in [0, 0.05) is 19.1 Å². The third kappa shape index (κ3) is 4.80. The van der Waals surface area contributed by atoms with Crippen LogP contribution >= 0.6 is 0 Å². The second-order valence-corrected chi connectivity index (χ2v) is 7.78. The lowest BCUT2D eigenvalue weighted by molar-refractivity contribution is 0.257. The third-order valence-corrected chi connectivity index (χ3v) is 6.10. The van der Waals surface area contributed by atoms with Crippen LogP contribution in [0.5, 0.6) is 0 Å². The minimum absolute atomic E-state index is 0.156. The van der Waals surface area contributed by atoms with Crippen LogP contribution in [0.1, 0.15) is 37.7 Å². The van der Waals surface area contributed by atoms with Gasteiger partial charge in [-0.1, -0.05) is 49.6 Å². The van der Waals surface area contributed by atoms with E-state index in [1.165, 1.54) is 6.42 Å². The van der Waals surface area contributed by atoms with Gasteiger partial charge in [-0.3, -0.25) is 0 Å². The highest BCUT2D eigenvalue weighted by atomic mass is 32.2. The topological polar surface area (TPSA) is 63.4 Å². The van der Waals surface area contributed by atoms with Gasteiger partial charge in [0.2, 0.25) is 10.0 Å². The highest BCUT2D eigenvalue weighted by Gasteiger charge is 2.29. The summed E-state index contributed by atoms with van der Waals surface area (Å²) in [7, 11) is -3.23. The number of aryl methyl sites for hydroxylation is 1. The van der Waals surface area contributed by atoms with Crippen LogP contribution in [0.3, 0.4) is 0 Å². The van der Waals surface area contributed by atoms with Crippen molar-refractivity contribution < 1.29 is 8.42 Å². The molecule has 1 saturated carbocycles. The van der Waals surface area contributed by atoms with Gasteiger partial charge in [-0.25, -0.2) is 8.42 Å². The molecule has 0 atom stereocenters. The molecule has 1 aliphatic carbocycles. The zero-order valence-corrected chi connectivity index (χ0v) is 13.4. The average molecular weight is 310 g/mol. The van der Waals surface area contributed by atoms with Crippen molar-refractivity contribution in [2.75, 3.05) is 18.8 Å².